The van der Waals surface area contributed by atoms with Gasteiger partial charge in [-0.2, -0.15) is 0 Å². The Balaban J connectivity index is 1.62. The van der Waals surface area contributed by atoms with Gasteiger partial charge in [0.1, 0.15) is 6.10 Å². The molecule has 1 N–H and O–H groups in total. The average molecular weight is 341 g/mol. The summed E-state index contributed by atoms with van der Waals surface area (Å²) in [6.07, 6.45) is 0.764. The van der Waals surface area contributed by atoms with E-state index in [4.69, 9.17) is 16.4 Å². The summed E-state index contributed by atoms with van der Waals surface area (Å²) in [6, 6.07) is 7.69. The smallest absolute Gasteiger partial charge is 0.230 e. The predicted molar refractivity (Wildman–Crippen MR) is 92.4 cm³/mol. The third-order valence-corrected chi connectivity index (χ3v) is 4.75. The highest BCUT2D eigenvalue weighted by Crippen LogP contribution is 2.20. The van der Waals surface area contributed by atoms with Gasteiger partial charge in [-0.3, -0.25) is 4.79 Å². The Morgan fingerprint density at radius 1 is 1.50 bits per heavy atom. The lowest BCUT2D eigenvalue weighted by Crippen LogP contribution is -2.33. The molecule has 0 aliphatic carbocycles. The fraction of sp³-hybridized carbons (Fsp3) is 0.500. The van der Waals surface area contributed by atoms with Crippen LogP contribution in [0, 0.1) is 5.92 Å². The van der Waals surface area contributed by atoms with E-state index in [-0.39, 0.29) is 12.0 Å². The molecule has 0 saturated carbocycles. The molecule has 0 fully saturated rings. The summed E-state index contributed by atoms with van der Waals surface area (Å²) in [5.74, 6) is 1.55. The highest BCUT2D eigenvalue weighted by molar-refractivity contribution is 7.99. The molecule has 1 aromatic rings. The summed E-state index contributed by atoms with van der Waals surface area (Å²) in [5, 5.41) is 7.69. The van der Waals surface area contributed by atoms with Crippen molar-refractivity contribution >= 4 is 35.0 Å². The maximum absolute atomic E-state index is 11.8. The number of nitrogens with one attached hydrogen (secondary N) is 1. The number of benzene rings is 1. The molecule has 120 valence electrons. The largest absolute Gasteiger partial charge is 0.390 e. The van der Waals surface area contributed by atoms with E-state index >= 15 is 0 Å². The van der Waals surface area contributed by atoms with Crippen LogP contribution in [-0.4, -0.2) is 30.0 Å². The molecule has 0 radical (unpaired) electrons. The summed E-state index contributed by atoms with van der Waals surface area (Å²) in [7, 11) is 0. The van der Waals surface area contributed by atoms with Crippen LogP contribution in [0.3, 0.4) is 0 Å². The van der Waals surface area contributed by atoms with Crippen molar-refractivity contribution in [1.82, 2.24) is 5.32 Å². The molecule has 1 amide bonds. The lowest BCUT2D eigenvalue weighted by atomic mass is 10.0. The van der Waals surface area contributed by atoms with E-state index in [1.807, 2.05) is 24.3 Å². The van der Waals surface area contributed by atoms with E-state index in [9.17, 15) is 4.79 Å². The molecule has 0 bridgehead atoms. The first kappa shape index (κ1) is 17.2. The molecule has 1 unspecified atom stereocenters. The van der Waals surface area contributed by atoms with Gasteiger partial charge in [-0.1, -0.05) is 48.8 Å². The highest BCUT2D eigenvalue weighted by atomic mass is 35.5. The first-order valence-electron chi connectivity index (χ1n) is 7.36. The van der Waals surface area contributed by atoms with Crippen LogP contribution in [0.2, 0.25) is 5.02 Å². The lowest BCUT2D eigenvalue weighted by Gasteiger charge is -2.10. The Bertz CT molecular complexity index is 549. The molecule has 0 aromatic heterocycles. The minimum atomic E-state index is -0.0325. The molecule has 6 heteroatoms. The Kier molecular flexibility index (Phi) is 6.58. The van der Waals surface area contributed by atoms with Crippen LogP contribution in [-0.2, 0) is 15.4 Å². The molecule has 22 heavy (non-hydrogen) atoms. The SMILES string of the molecule is CC(C)C1=NOC(CNC(=O)CSCc2ccccc2Cl)C1. The summed E-state index contributed by atoms with van der Waals surface area (Å²) in [5.41, 5.74) is 2.11. The van der Waals surface area contributed by atoms with E-state index in [0.717, 1.165) is 28.5 Å². The maximum atomic E-state index is 11.8. The van der Waals surface area contributed by atoms with Crippen molar-refractivity contribution in [2.75, 3.05) is 12.3 Å². The summed E-state index contributed by atoms with van der Waals surface area (Å²) < 4.78 is 0. The molecule has 0 saturated heterocycles. The lowest BCUT2D eigenvalue weighted by molar-refractivity contribution is -0.119. The van der Waals surface area contributed by atoms with Gasteiger partial charge in [0, 0.05) is 17.2 Å². The highest BCUT2D eigenvalue weighted by Gasteiger charge is 2.23. The second kappa shape index (κ2) is 8.44. The normalized spacial score (nSPS) is 17.3. The van der Waals surface area contributed by atoms with Gasteiger partial charge in [0.15, 0.2) is 0 Å². The summed E-state index contributed by atoms with van der Waals surface area (Å²) in [6.45, 7) is 4.69. The van der Waals surface area contributed by atoms with Gasteiger partial charge in [0.2, 0.25) is 5.91 Å². The molecule has 4 nitrogen and oxygen atoms in total. The first-order valence-corrected chi connectivity index (χ1v) is 8.90. The molecule has 1 heterocycles. The number of thioether (sulfide) groups is 1. The van der Waals surface area contributed by atoms with Gasteiger partial charge in [-0.25, -0.2) is 0 Å². The van der Waals surface area contributed by atoms with Gasteiger partial charge in [0.05, 0.1) is 18.0 Å². The van der Waals surface area contributed by atoms with Crippen molar-refractivity contribution < 1.29 is 9.63 Å². The van der Waals surface area contributed by atoms with Crippen LogP contribution < -0.4 is 5.32 Å². The van der Waals surface area contributed by atoms with E-state index in [2.05, 4.69) is 24.3 Å². The molecule has 1 atom stereocenters. The minimum absolute atomic E-state index is 0.0126. The third-order valence-electron chi connectivity index (χ3n) is 3.40. The van der Waals surface area contributed by atoms with Crippen molar-refractivity contribution in [3.8, 4) is 0 Å². The van der Waals surface area contributed by atoms with Crippen LogP contribution in [0.25, 0.3) is 0 Å². The monoisotopic (exact) mass is 340 g/mol. The van der Waals surface area contributed by atoms with Crippen LogP contribution in [0.5, 0.6) is 0 Å². The van der Waals surface area contributed by atoms with E-state index in [0.29, 0.717) is 18.2 Å². The predicted octanol–water partition coefficient (Wildman–Crippen LogP) is 3.49. The molecular formula is C16H21ClN2O2S. The second-order valence-electron chi connectivity index (χ2n) is 5.56. The number of halogens is 1. The van der Waals surface area contributed by atoms with Crippen molar-refractivity contribution in [3.63, 3.8) is 0 Å². The quantitative estimate of drug-likeness (QED) is 0.826. The Morgan fingerprint density at radius 2 is 2.27 bits per heavy atom. The van der Waals surface area contributed by atoms with Crippen LogP contribution >= 0.6 is 23.4 Å². The summed E-state index contributed by atoms with van der Waals surface area (Å²) >= 11 is 7.63. The molecule has 1 aromatic carbocycles. The Morgan fingerprint density at radius 3 is 2.95 bits per heavy atom. The number of hydrogen-bond donors (Lipinski definition) is 1. The zero-order chi connectivity index (χ0) is 15.9. The van der Waals surface area contributed by atoms with Gasteiger partial charge >= 0.3 is 0 Å². The number of rotatable bonds is 7. The third kappa shape index (κ3) is 5.21. The second-order valence-corrected chi connectivity index (χ2v) is 6.95. The molecule has 1 aliphatic heterocycles. The first-order chi connectivity index (χ1) is 10.6. The number of amides is 1. The zero-order valence-corrected chi connectivity index (χ0v) is 14.4. The molecule has 1 aliphatic rings. The van der Waals surface area contributed by atoms with Crippen LogP contribution in [0.4, 0.5) is 0 Å². The van der Waals surface area contributed by atoms with Crippen molar-refractivity contribution in [1.29, 1.82) is 0 Å². The number of hydrogen-bond acceptors (Lipinski definition) is 4. The summed E-state index contributed by atoms with van der Waals surface area (Å²) in [4.78, 5) is 17.1. The van der Waals surface area contributed by atoms with E-state index in [1.165, 1.54) is 0 Å². The van der Waals surface area contributed by atoms with E-state index in [1.54, 1.807) is 11.8 Å². The van der Waals surface area contributed by atoms with Gasteiger partial charge < -0.3 is 10.2 Å². The van der Waals surface area contributed by atoms with Crippen molar-refractivity contribution in [2.45, 2.75) is 32.1 Å². The number of oxime groups is 1. The van der Waals surface area contributed by atoms with Crippen molar-refractivity contribution in [3.05, 3.63) is 34.9 Å². The molecular weight excluding hydrogens is 320 g/mol. The Labute approximate surface area is 140 Å². The number of nitrogens with zero attached hydrogens (tertiary/aromatic N) is 1. The molecule has 0 spiro atoms. The standard InChI is InChI=1S/C16H21ClN2O2S/c1-11(2)15-7-13(21-19-15)8-18-16(20)10-22-9-12-5-3-4-6-14(12)17/h3-6,11,13H,7-10H2,1-2H3,(H,18,20). The number of carbonyl (C=O) groups excluding carboxylic acids is 1. The topological polar surface area (TPSA) is 50.7 Å². The van der Waals surface area contributed by atoms with Crippen LogP contribution in [0.1, 0.15) is 25.8 Å². The minimum Gasteiger partial charge on any atom is -0.390 e. The van der Waals surface area contributed by atoms with Crippen LogP contribution in [0.15, 0.2) is 29.4 Å². The average Bonchev–Trinajstić information content (AvgIpc) is 2.96. The van der Waals surface area contributed by atoms with Gasteiger partial charge in [-0.05, 0) is 17.5 Å². The van der Waals surface area contributed by atoms with Crippen molar-refractivity contribution in [2.24, 2.45) is 11.1 Å². The number of carbonyl (C=O) groups is 1. The maximum Gasteiger partial charge on any atom is 0.230 e. The van der Waals surface area contributed by atoms with E-state index < -0.39 is 0 Å². The molecule has 2 rings (SSSR count). The fourth-order valence-corrected chi connectivity index (χ4v) is 3.19. The Hall–Kier alpha value is -1.20. The van der Waals surface area contributed by atoms with Gasteiger partial charge in [0.25, 0.3) is 0 Å². The zero-order valence-electron chi connectivity index (χ0n) is 12.8. The van der Waals surface area contributed by atoms with Gasteiger partial charge in [-0.15, -0.1) is 11.8 Å². The fourth-order valence-electron chi connectivity index (χ4n) is 2.05.